The molecule has 1 heterocycles. The zero-order valence-electron chi connectivity index (χ0n) is 6.77. The van der Waals surface area contributed by atoms with E-state index in [9.17, 15) is 10.1 Å². The first-order chi connectivity index (χ1) is 5.75. The van der Waals surface area contributed by atoms with Crippen LogP contribution in [0.4, 0.5) is 5.82 Å². The van der Waals surface area contributed by atoms with Crippen molar-refractivity contribution in [2.24, 2.45) is 0 Å². The maximum Gasteiger partial charge on any atom is 0.324 e. The highest BCUT2D eigenvalue weighted by atomic mass is 16.6. The molecule has 0 unspecified atom stereocenters. The molecule has 1 rings (SSSR count). The molecular weight excluding hydrogens is 160 g/mol. The summed E-state index contributed by atoms with van der Waals surface area (Å²) in [6.07, 6.45) is 1.62. The Hall–Kier alpha value is -1.36. The number of hydrogen-bond donors (Lipinski definition) is 0. The van der Waals surface area contributed by atoms with Crippen LogP contribution in [0.25, 0.3) is 0 Å². The number of nitro groups is 1. The van der Waals surface area contributed by atoms with Crippen LogP contribution >= 0.6 is 0 Å². The van der Waals surface area contributed by atoms with E-state index in [1.807, 2.05) is 6.92 Å². The molecule has 12 heavy (non-hydrogen) atoms. The van der Waals surface area contributed by atoms with Crippen molar-refractivity contribution in [1.82, 2.24) is 4.57 Å². The fraction of sp³-hybridized carbons (Fsp3) is 0.429. The van der Waals surface area contributed by atoms with Crippen molar-refractivity contribution in [1.29, 1.82) is 0 Å². The van der Waals surface area contributed by atoms with Gasteiger partial charge >= 0.3 is 5.82 Å². The van der Waals surface area contributed by atoms with Crippen molar-refractivity contribution >= 4 is 5.82 Å². The Morgan fingerprint density at radius 3 is 3.08 bits per heavy atom. The van der Waals surface area contributed by atoms with E-state index in [1.165, 1.54) is 10.6 Å². The molecule has 66 valence electrons. The van der Waals surface area contributed by atoms with Gasteiger partial charge in [0.1, 0.15) is 0 Å². The topological polar surface area (TPSA) is 57.3 Å². The van der Waals surface area contributed by atoms with Crippen molar-refractivity contribution in [3.8, 4) is 0 Å². The second kappa shape index (κ2) is 3.87. The van der Waals surface area contributed by atoms with Crippen LogP contribution in [0.2, 0.25) is 0 Å². The molecule has 0 fully saturated rings. The lowest BCUT2D eigenvalue weighted by molar-refractivity contribution is -0.393. The molecule has 0 bridgehead atoms. The van der Waals surface area contributed by atoms with Crippen molar-refractivity contribution in [3.63, 3.8) is 0 Å². The van der Waals surface area contributed by atoms with Crippen LogP contribution in [0.15, 0.2) is 18.3 Å². The van der Waals surface area contributed by atoms with Gasteiger partial charge in [0, 0.05) is 12.7 Å². The number of nitrogens with zero attached hydrogens (tertiary/aromatic N) is 2. The van der Waals surface area contributed by atoms with E-state index < -0.39 is 4.92 Å². The summed E-state index contributed by atoms with van der Waals surface area (Å²) in [6.45, 7) is 2.63. The summed E-state index contributed by atoms with van der Waals surface area (Å²) in [5, 5.41) is 10.4. The summed E-state index contributed by atoms with van der Waals surface area (Å²) in [6, 6.07) is 3.07. The first-order valence-electron chi connectivity index (χ1n) is 3.63. The van der Waals surface area contributed by atoms with Gasteiger partial charge in [-0.25, -0.2) is 4.57 Å². The van der Waals surface area contributed by atoms with Crippen LogP contribution in [0.1, 0.15) is 6.92 Å². The molecule has 1 aromatic heterocycles. The normalized spacial score (nSPS) is 10.1. The summed E-state index contributed by atoms with van der Waals surface area (Å²) in [5.41, 5.74) is 0. The second-order valence-corrected chi connectivity index (χ2v) is 2.22. The third kappa shape index (κ3) is 1.82. The first-order valence-corrected chi connectivity index (χ1v) is 3.63. The van der Waals surface area contributed by atoms with Crippen molar-refractivity contribution in [3.05, 3.63) is 28.4 Å². The Balaban J connectivity index is 2.70. The Morgan fingerprint density at radius 2 is 2.50 bits per heavy atom. The average molecular weight is 170 g/mol. The Kier molecular flexibility index (Phi) is 2.82. The molecule has 0 spiro atoms. The smallest absolute Gasteiger partial charge is 0.324 e. The molecule has 1 aromatic rings. The van der Waals surface area contributed by atoms with Crippen molar-refractivity contribution in [2.75, 3.05) is 6.61 Å². The van der Waals surface area contributed by atoms with E-state index >= 15 is 0 Å². The predicted octanol–water partition coefficient (Wildman–Crippen LogP) is 1.39. The quantitative estimate of drug-likeness (QED) is 0.506. The number of hydrogen-bond acceptors (Lipinski definition) is 3. The van der Waals surface area contributed by atoms with Crippen LogP contribution < -0.4 is 0 Å². The Morgan fingerprint density at radius 1 is 1.75 bits per heavy atom. The van der Waals surface area contributed by atoms with Gasteiger partial charge in [-0.2, -0.15) is 0 Å². The van der Waals surface area contributed by atoms with Crippen LogP contribution in [0.3, 0.4) is 0 Å². The Labute approximate surface area is 69.7 Å². The fourth-order valence-electron chi connectivity index (χ4n) is 0.870. The van der Waals surface area contributed by atoms with Crippen LogP contribution in [0.5, 0.6) is 0 Å². The van der Waals surface area contributed by atoms with E-state index in [0.29, 0.717) is 6.61 Å². The van der Waals surface area contributed by atoms with Gasteiger partial charge in [-0.1, -0.05) is 0 Å². The van der Waals surface area contributed by atoms with E-state index in [4.69, 9.17) is 4.74 Å². The monoisotopic (exact) mass is 170 g/mol. The lowest BCUT2D eigenvalue weighted by Crippen LogP contribution is -2.04. The molecule has 0 saturated carbocycles. The lowest BCUT2D eigenvalue weighted by Gasteiger charge is -2.00. The molecule has 0 aromatic carbocycles. The van der Waals surface area contributed by atoms with Gasteiger partial charge in [-0.15, -0.1) is 0 Å². The molecule has 5 nitrogen and oxygen atoms in total. The third-order valence-electron chi connectivity index (χ3n) is 1.43. The number of aromatic nitrogens is 1. The zero-order valence-corrected chi connectivity index (χ0v) is 6.77. The summed E-state index contributed by atoms with van der Waals surface area (Å²) < 4.78 is 6.48. The van der Waals surface area contributed by atoms with E-state index in [1.54, 1.807) is 12.3 Å². The Bertz CT molecular complexity index is 269. The zero-order chi connectivity index (χ0) is 8.97. The molecule has 0 amide bonds. The van der Waals surface area contributed by atoms with Crippen molar-refractivity contribution in [2.45, 2.75) is 13.7 Å². The molecule has 0 saturated heterocycles. The highest BCUT2D eigenvalue weighted by Crippen LogP contribution is 2.11. The maximum absolute atomic E-state index is 10.4. The average Bonchev–Trinajstić information content (AvgIpc) is 2.48. The van der Waals surface area contributed by atoms with Gasteiger partial charge in [0.25, 0.3) is 0 Å². The minimum Gasteiger partial charge on any atom is -0.358 e. The van der Waals surface area contributed by atoms with Gasteiger partial charge in [0.2, 0.25) is 0 Å². The molecule has 0 radical (unpaired) electrons. The van der Waals surface area contributed by atoms with Crippen molar-refractivity contribution < 1.29 is 9.66 Å². The molecular formula is C7H10N2O3. The lowest BCUT2D eigenvalue weighted by atomic mass is 10.6. The standard InChI is InChI=1S/C7H10N2O3/c1-2-12-6-8-5-3-4-7(8)9(10)11/h3-5H,2,6H2,1H3. The summed E-state index contributed by atoms with van der Waals surface area (Å²) in [4.78, 5) is 9.94. The summed E-state index contributed by atoms with van der Waals surface area (Å²) >= 11 is 0. The van der Waals surface area contributed by atoms with Gasteiger partial charge in [0.05, 0.1) is 6.20 Å². The molecule has 5 heteroatoms. The number of rotatable bonds is 4. The van der Waals surface area contributed by atoms with Crippen LogP contribution in [-0.4, -0.2) is 16.1 Å². The molecule has 0 aliphatic rings. The third-order valence-corrected chi connectivity index (χ3v) is 1.43. The predicted molar refractivity (Wildman–Crippen MR) is 42.7 cm³/mol. The van der Waals surface area contributed by atoms with Crippen LogP contribution in [-0.2, 0) is 11.5 Å². The SMILES string of the molecule is CCOCn1cccc1[N+](=O)[O-]. The summed E-state index contributed by atoms with van der Waals surface area (Å²) in [7, 11) is 0. The van der Waals surface area contributed by atoms with Gasteiger partial charge in [0.15, 0.2) is 6.73 Å². The molecule has 0 N–H and O–H groups in total. The molecule has 0 aliphatic carbocycles. The first kappa shape index (κ1) is 8.73. The molecule has 0 atom stereocenters. The van der Waals surface area contributed by atoms with Gasteiger partial charge in [-0.05, 0) is 17.9 Å². The molecule has 0 aliphatic heterocycles. The largest absolute Gasteiger partial charge is 0.358 e. The second-order valence-electron chi connectivity index (χ2n) is 2.22. The minimum absolute atomic E-state index is 0.0588. The van der Waals surface area contributed by atoms with E-state index in [2.05, 4.69) is 0 Å². The number of ether oxygens (including phenoxy) is 1. The van der Waals surface area contributed by atoms with E-state index in [0.717, 1.165) is 0 Å². The van der Waals surface area contributed by atoms with Gasteiger partial charge in [-0.3, -0.25) is 0 Å². The van der Waals surface area contributed by atoms with Crippen LogP contribution in [0, 0.1) is 10.1 Å². The fourth-order valence-corrected chi connectivity index (χ4v) is 0.870. The highest BCUT2D eigenvalue weighted by Gasteiger charge is 2.09. The maximum atomic E-state index is 10.4. The highest BCUT2D eigenvalue weighted by molar-refractivity contribution is 5.20. The van der Waals surface area contributed by atoms with E-state index in [-0.39, 0.29) is 12.5 Å². The van der Waals surface area contributed by atoms with Gasteiger partial charge < -0.3 is 14.9 Å². The summed E-state index contributed by atoms with van der Waals surface area (Å²) in [5.74, 6) is 0.0588. The minimum atomic E-state index is -0.432.